The van der Waals surface area contributed by atoms with Crippen molar-refractivity contribution >= 4 is 34.8 Å². The summed E-state index contributed by atoms with van der Waals surface area (Å²) in [5, 5.41) is 14.6. The molecule has 4 aromatic rings. The Kier molecular flexibility index (Phi) is 5.63. The van der Waals surface area contributed by atoms with Gasteiger partial charge in [-0.15, -0.1) is 0 Å². The average molecular weight is 421 g/mol. The predicted octanol–water partition coefficient (Wildman–Crippen LogP) is 4.26. The van der Waals surface area contributed by atoms with E-state index in [1.54, 1.807) is 48.8 Å². The van der Waals surface area contributed by atoms with E-state index in [-0.39, 0.29) is 11.7 Å². The number of aromatic hydroxyl groups is 1. The third-order valence-corrected chi connectivity index (χ3v) is 4.62. The summed E-state index contributed by atoms with van der Waals surface area (Å²) < 4.78 is 5.74. The first-order valence-corrected chi connectivity index (χ1v) is 9.43. The van der Waals surface area contributed by atoms with Crippen LogP contribution in [0.3, 0.4) is 0 Å². The molecule has 1 amide bonds. The fourth-order valence-electron chi connectivity index (χ4n) is 2.77. The fraction of sp³-hybridized carbons (Fsp3) is 0.0455. The van der Waals surface area contributed by atoms with Gasteiger partial charge in [0.05, 0.1) is 23.6 Å². The second-order valence-electron chi connectivity index (χ2n) is 6.47. The number of fused-ring (bicyclic) bond motifs is 1. The molecular weight excluding hydrogens is 404 g/mol. The van der Waals surface area contributed by atoms with Crippen molar-refractivity contribution in [2.75, 3.05) is 0 Å². The third-order valence-electron chi connectivity index (χ3n) is 4.37. The Balaban J connectivity index is 1.40. The predicted molar refractivity (Wildman–Crippen MR) is 115 cm³/mol. The molecule has 0 fully saturated rings. The van der Waals surface area contributed by atoms with E-state index in [0.717, 1.165) is 16.6 Å². The second-order valence-corrected chi connectivity index (χ2v) is 6.91. The zero-order valence-electron chi connectivity index (χ0n) is 15.7. The molecule has 0 spiro atoms. The molecule has 0 aliphatic rings. The lowest BCUT2D eigenvalue weighted by Crippen LogP contribution is -2.17. The third kappa shape index (κ3) is 4.59. The van der Waals surface area contributed by atoms with Crippen LogP contribution in [-0.2, 0) is 6.61 Å². The summed E-state index contributed by atoms with van der Waals surface area (Å²) in [5.74, 6) is 0.198. The standard InChI is InChI=1S/C22H17ClN4O3/c23-17-4-1-14(2-5-17)12-30-18-6-8-21(28)16(9-18)11-26-27-22(29)15-3-7-19-20(10-15)25-13-24-19/h1-11,13,28H,12H2,(H,24,25)(H,27,29)/b26-11+. The normalized spacial score (nSPS) is 11.1. The molecule has 0 radical (unpaired) electrons. The first-order chi connectivity index (χ1) is 14.6. The minimum absolute atomic E-state index is 0.0192. The Labute approximate surface area is 177 Å². The molecule has 3 aromatic carbocycles. The molecule has 8 heteroatoms. The number of hydrazone groups is 1. The molecule has 0 saturated heterocycles. The molecule has 0 atom stereocenters. The number of halogens is 1. The summed E-state index contributed by atoms with van der Waals surface area (Å²) in [6, 6.07) is 17.2. The lowest BCUT2D eigenvalue weighted by atomic mass is 10.2. The molecule has 7 nitrogen and oxygen atoms in total. The van der Waals surface area contributed by atoms with Gasteiger partial charge in [0.25, 0.3) is 5.91 Å². The van der Waals surface area contributed by atoms with Crippen molar-refractivity contribution in [3.8, 4) is 11.5 Å². The number of hydrogen-bond donors (Lipinski definition) is 3. The number of phenols is 1. The van der Waals surface area contributed by atoms with Crippen LogP contribution >= 0.6 is 11.6 Å². The van der Waals surface area contributed by atoms with Crippen LogP contribution in [0.1, 0.15) is 21.5 Å². The summed E-state index contributed by atoms with van der Waals surface area (Å²) in [6.07, 6.45) is 2.92. The number of ether oxygens (including phenoxy) is 1. The van der Waals surface area contributed by atoms with Crippen molar-refractivity contribution in [2.45, 2.75) is 6.61 Å². The number of hydrogen-bond acceptors (Lipinski definition) is 5. The Morgan fingerprint density at radius 1 is 1.17 bits per heavy atom. The number of H-pyrrole nitrogens is 1. The number of nitrogens with zero attached hydrogens (tertiary/aromatic N) is 2. The number of carbonyl (C=O) groups excluding carboxylic acids is 1. The molecule has 0 bridgehead atoms. The van der Waals surface area contributed by atoms with Crippen molar-refractivity contribution < 1.29 is 14.6 Å². The lowest BCUT2D eigenvalue weighted by Gasteiger charge is -2.08. The van der Waals surface area contributed by atoms with Crippen LogP contribution in [0.5, 0.6) is 11.5 Å². The molecule has 3 N–H and O–H groups in total. The SMILES string of the molecule is O=C(N/N=C/c1cc(OCc2ccc(Cl)cc2)ccc1O)c1ccc2nc[nH]c2c1. The van der Waals surface area contributed by atoms with Crippen LogP contribution in [0.15, 0.2) is 72.1 Å². The van der Waals surface area contributed by atoms with E-state index in [4.69, 9.17) is 16.3 Å². The highest BCUT2D eigenvalue weighted by Gasteiger charge is 2.07. The summed E-state index contributed by atoms with van der Waals surface area (Å²) in [5.41, 5.74) is 5.79. The van der Waals surface area contributed by atoms with Gasteiger partial charge in [-0.2, -0.15) is 5.10 Å². The van der Waals surface area contributed by atoms with Gasteiger partial charge >= 0.3 is 0 Å². The first-order valence-electron chi connectivity index (χ1n) is 9.05. The van der Waals surface area contributed by atoms with E-state index in [2.05, 4.69) is 20.5 Å². The van der Waals surface area contributed by atoms with Gasteiger partial charge in [0.2, 0.25) is 0 Å². The molecular formula is C22H17ClN4O3. The summed E-state index contributed by atoms with van der Waals surface area (Å²) >= 11 is 5.88. The maximum absolute atomic E-state index is 12.3. The van der Waals surface area contributed by atoms with Gasteiger partial charge in [-0.1, -0.05) is 23.7 Å². The highest BCUT2D eigenvalue weighted by Crippen LogP contribution is 2.22. The molecule has 1 heterocycles. The largest absolute Gasteiger partial charge is 0.507 e. The van der Waals surface area contributed by atoms with Gasteiger partial charge in [-0.3, -0.25) is 4.79 Å². The molecule has 1 aromatic heterocycles. The van der Waals surface area contributed by atoms with E-state index < -0.39 is 0 Å². The number of nitrogens with one attached hydrogen (secondary N) is 2. The van der Waals surface area contributed by atoms with E-state index >= 15 is 0 Å². The second kappa shape index (κ2) is 8.67. The Morgan fingerprint density at radius 3 is 2.83 bits per heavy atom. The number of aromatic nitrogens is 2. The molecule has 30 heavy (non-hydrogen) atoms. The summed E-state index contributed by atoms with van der Waals surface area (Å²) in [4.78, 5) is 19.3. The highest BCUT2D eigenvalue weighted by molar-refractivity contribution is 6.30. The van der Waals surface area contributed by atoms with Crippen LogP contribution in [0.4, 0.5) is 0 Å². The molecule has 150 valence electrons. The van der Waals surface area contributed by atoms with Crippen LogP contribution in [0.2, 0.25) is 5.02 Å². The molecule has 0 aliphatic heterocycles. The fourth-order valence-corrected chi connectivity index (χ4v) is 2.90. The number of benzene rings is 3. The van der Waals surface area contributed by atoms with Crippen LogP contribution in [0, 0.1) is 0 Å². The Bertz CT molecular complexity index is 1220. The van der Waals surface area contributed by atoms with Crippen molar-refractivity contribution in [1.82, 2.24) is 15.4 Å². The molecule has 0 aliphatic carbocycles. The van der Waals surface area contributed by atoms with Gasteiger partial charge in [0.15, 0.2) is 0 Å². The van der Waals surface area contributed by atoms with Crippen molar-refractivity contribution in [3.63, 3.8) is 0 Å². The average Bonchev–Trinajstić information content (AvgIpc) is 3.23. The van der Waals surface area contributed by atoms with Crippen molar-refractivity contribution in [2.24, 2.45) is 5.10 Å². The molecule has 4 rings (SSSR count). The van der Waals surface area contributed by atoms with Gasteiger partial charge in [0, 0.05) is 16.1 Å². The number of carbonyl (C=O) groups is 1. The monoisotopic (exact) mass is 420 g/mol. The zero-order valence-corrected chi connectivity index (χ0v) is 16.4. The number of aromatic amines is 1. The van der Waals surface area contributed by atoms with Crippen LogP contribution in [-0.4, -0.2) is 27.2 Å². The minimum Gasteiger partial charge on any atom is -0.507 e. The van der Waals surface area contributed by atoms with Gasteiger partial charge < -0.3 is 14.8 Å². The van der Waals surface area contributed by atoms with Crippen LogP contribution in [0.25, 0.3) is 11.0 Å². The first kappa shape index (κ1) is 19.5. The van der Waals surface area contributed by atoms with E-state index in [0.29, 0.717) is 28.5 Å². The number of phenolic OH excluding ortho intramolecular Hbond substituents is 1. The maximum atomic E-state index is 12.3. The molecule has 0 saturated carbocycles. The van der Waals surface area contributed by atoms with Gasteiger partial charge in [-0.25, -0.2) is 10.4 Å². The van der Waals surface area contributed by atoms with E-state index in [1.807, 2.05) is 12.1 Å². The summed E-state index contributed by atoms with van der Waals surface area (Å²) in [6.45, 7) is 0.353. The highest BCUT2D eigenvalue weighted by atomic mass is 35.5. The smallest absolute Gasteiger partial charge is 0.271 e. The number of imidazole rings is 1. The molecule has 0 unspecified atom stereocenters. The number of rotatable bonds is 6. The van der Waals surface area contributed by atoms with Crippen molar-refractivity contribution in [3.05, 3.63) is 88.7 Å². The topological polar surface area (TPSA) is 99.6 Å². The van der Waals surface area contributed by atoms with Crippen LogP contribution < -0.4 is 10.2 Å². The van der Waals surface area contributed by atoms with Crippen molar-refractivity contribution in [1.29, 1.82) is 0 Å². The van der Waals surface area contributed by atoms with Gasteiger partial charge in [-0.05, 0) is 54.1 Å². The summed E-state index contributed by atoms with van der Waals surface area (Å²) in [7, 11) is 0. The lowest BCUT2D eigenvalue weighted by molar-refractivity contribution is 0.0955. The Hall–Kier alpha value is -3.84. The quantitative estimate of drug-likeness (QED) is 0.320. The number of amides is 1. The Morgan fingerprint density at radius 2 is 2.00 bits per heavy atom. The zero-order chi connectivity index (χ0) is 20.9. The van der Waals surface area contributed by atoms with Gasteiger partial charge in [0.1, 0.15) is 18.1 Å². The van der Waals surface area contributed by atoms with E-state index in [9.17, 15) is 9.90 Å². The maximum Gasteiger partial charge on any atom is 0.271 e. The minimum atomic E-state index is -0.377. The van der Waals surface area contributed by atoms with E-state index in [1.165, 1.54) is 12.3 Å².